The van der Waals surface area contributed by atoms with Crippen molar-refractivity contribution in [2.24, 2.45) is 0 Å². The zero-order valence-electron chi connectivity index (χ0n) is 12.7. The molecule has 1 aromatic rings. The van der Waals surface area contributed by atoms with Gasteiger partial charge in [-0.15, -0.1) is 0 Å². The van der Waals surface area contributed by atoms with Gasteiger partial charge in [0.05, 0.1) is 6.04 Å². The predicted octanol–water partition coefficient (Wildman–Crippen LogP) is 3.22. The Bertz CT molecular complexity index is 514. The highest BCUT2D eigenvalue weighted by Crippen LogP contribution is 2.34. The highest BCUT2D eigenvalue weighted by atomic mass is 15.4. The summed E-state index contributed by atoms with van der Waals surface area (Å²) in [6, 6.07) is 2.66. The number of nitrogen functional groups attached to an aromatic ring is 1. The van der Waals surface area contributed by atoms with E-state index in [1.165, 1.54) is 44.9 Å². The molecule has 2 heterocycles. The standard InChI is InChI=1S/C16H25N5/c17-12-14-15(18)21(13-8-4-1-2-5-9-13)19-16(14)20-10-6-3-7-11-20/h13H,1-11,18H2. The molecule has 0 amide bonds. The van der Waals surface area contributed by atoms with Crippen molar-refractivity contribution in [3.05, 3.63) is 5.56 Å². The van der Waals surface area contributed by atoms with Crippen molar-refractivity contribution < 1.29 is 0 Å². The molecule has 0 unspecified atom stereocenters. The first-order valence-corrected chi connectivity index (χ1v) is 8.34. The average Bonchev–Trinajstić information content (AvgIpc) is 2.70. The van der Waals surface area contributed by atoms with Crippen LogP contribution in [0.25, 0.3) is 0 Å². The third kappa shape index (κ3) is 2.85. The van der Waals surface area contributed by atoms with E-state index in [9.17, 15) is 5.26 Å². The summed E-state index contributed by atoms with van der Waals surface area (Å²) < 4.78 is 1.95. The summed E-state index contributed by atoms with van der Waals surface area (Å²) in [5, 5.41) is 14.3. The van der Waals surface area contributed by atoms with E-state index in [2.05, 4.69) is 11.0 Å². The quantitative estimate of drug-likeness (QED) is 0.848. The summed E-state index contributed by atoms with van der Waals surface area (Å²) in [5.41, 5.74) is 6.84. The van der Waals surface area contributed by atoms with E-state index in [1.54, 1.807) is 0 Å². The van der Waals surface area contributed by atoms with E-state index in [4.69, 9.17) is 10.8 Å². The normalized spacial score (nSPS) is 21.0. The highest BCUT2D eigenvalue weighted by molar-refractivity contribution is 5.65. The van der Waals surface area contributed by atoms with Gasteiger partial charge >= 0.3 is 0 Å². The van der Waals surface area contributed by atoms with E-state index in [1.807, 2.05) is 4.68 Å². The molecule has 0 radical (unpaired) electrons. The van der Waals surface area contributed by atoms with E-state index in [0.29, 0.717) is 17.4 Å². The predicted molar refractivity (Wildman–Crippen MR) is 84.2 cm³/mol. The first kappa shape index (κ1) is 14.2. The van der Waals surface area contributed by atoms with Crippen LogP contribution in [0.15, 0.2) is 0 Å². The summed E-state index contributed by atoms with van der Waals surface area (Å²) in [6.45, 7) is 1.99. The SMILES string of the molecule is N#Cc1c(N2CCCCC2)nn(C2CCCCCC2)c1N. The molecule has 5 heteroatoms. The lowest BCUT2D eigenvalue weighted by molar-refractivity contribution is 0.410. The van der Waals surface area contributed by atoms with Gasteiger partial charge in [0.15, 0.2) is 5.82 Å². The van der Waals surface area contributed by atoms with Gasteiger partial charge in [-0.1, -0.05) is 25.7 Å². The molecule has 1 aliphatic carbocycles. The van der Waals surface area contributed by atoms with Crippen LogP contribution in [-0.2, 0) is 0 Å². The van der Waals surface area contributed by atoms with Gasteiger partial charge in [0.25, 0.3) is 0 Å². The summed E-state index contributed by atoms with van der Waals surface area (Å²) in [6.07, 6.45) is 11.0. The number of rotatable bonds is 2. The minimum Gasteiger partial charge on any atom is -0.383 e. The van der Waals surface area contributed by atoms with Gasteiger partial charge in [-0.3, -0.25) is 0 Å². The molecule has 5 nitrogen and oxygen atoms in total. The third-order valence-electron chi connectivity index (χ3n) is 4.87. The maximum atomic E-state index is 9.49. The number of hydrogen-bond acceptors (Lipinski definition) is 4. The van der Waals surface area contributed by atoms with E-state index < -0.39 is 0 Å². The number of nitrogens with two attached hydrogens (primary N) is 1. The summed E-state index contributed by atoms with van der Waals surface area (Å²) in [5.74, 6) is 1.39. The molecule has 1 aromatic heterocycles. The van der Waals surface area contributed by atoms with E-state index >= 15 is 0 Å². The molecular weight excluding hydrogens is 262 g/mol. The van der Waals surface area contributed by atoms with Crippen LogP contribution in [0.2, 0.25) is 0 Å². The minimum atomic E-state index is 0.373. The van der Waals surface area contributed by atoms with Crippen molar-refractivity contribution in [1.29, 1.82) is 5.26 Å². The Labute approximate surface area is 126 Å². The lowest BCUT2D eigenvalue weighted by Crippen LogP contribution is -2.30. The Morgan fingerprint density at radius 2 is 1.62 bits per heavy atom. The molecule has 1 saturated carbocycles. The van der Waals surface area contributed by atoms with Gasteiger partial charge in [-0.05, 0) is 32.1 Å². The van der Waals surface area contributed by atoms with Crippen LogP contribution in [0, 0.1) is 11.3 Å². The number of aromatic nitrogens is 2. The Morgan fingerprint density at radius 1 is 1.00 bits per heavy atom. The Kier molecular flexibility index (Phi) is 4.33. The van der Waals surface area contributed by atoms with Crippen molar-refractivity contribution in [2.75, 3.05) is 23.7 Å². The van der Waals surface area contributed by atoms with Crippen LogP contribution in [-0.4, -0.2) is 22.9 Å². The van der Waals surface area contributed by atoms with Crippen molar-refractivity contribution in [1.82, 2.24) is 9.78 Å². The third-order valence-corrected chi connectivity index (χ3v) is 4.87. The lowest BCUT2D eigenvalue weighted by atomic mass is 10.1. The van der Waals surface area contributed by atoms with Crippen molar-refractivity contribution >= 4 is 11.6 Å². The number of hydrogen-bond donors (Lipinski definition) is 1. The molecule has 0 aromatic carbocycles. The Hall–Kier alpha value is -1.70. The second-order valence-corrected chi connectivity index (χ2v) is 6.33. The second kappa shape index (κ2) is 6.38. The van der Waals surface area contributed by atoms with Gasteiger partial charge in [0.2, 0.25) is 0 Å². The largest absolute Gasteiger partial charge is 0.383 e. The fourth-order valence-electron chi connectivity index (χ4n) is 3.65. The molecule has 0 bridgehead atoms. The summed E-state index contributed by atoms with van der Waals surface area (Å²) >= 11 is 0. The molecule has 1 aliphatic heterocycles. The zero-order chi connectivity index (χ0) is 14.7. The molecular formula is C16H25N5. The molecule has 0 spiro atoms. The molecule has 21 heavy (non-hydrogen) atoms. The van der Waals surface area contributed by atoms with E-state index in [-0.39, 0.29) is 0 Å². The first-order chi connectivity index (χ1) is 10.3. The Balaban J connectivity index is 1.90. The smallest absolute Gasteiger partial charge is 0.170 e. The number of nitriles is 1. The first-order valence-electron chi connectivity index (χ1n) is 8.34. The molecule has 114 valence electrons. The fraction of sp³-hybridized carbons (Fsp3) is 0.750. The summed E-state index contributed by atoms with van der Waals surface area (Å²) in [7, 11) is 0. The van der Waals surface area contributed by atoms with Gasteiger partial charge in [-0.25, -0.2) is 4.68 Å². The molecule has 2 N–H and O–H groups in total. The lowest BCUT2D eigenvalue weighted by Gasteiger charge is -2.26. The van der Waals surface area contributed by atoms with Crippen LogP contribution < -0.4 is 10.6 Å². The van der Waals surface area contributed by atoms with Crippen LogP contribution in [0.3, 0.4) is 0 Å². The minimum absolute atomic E-state index is 0.373. The van der Waals surface area contributed by atoms with E-state index in [0.717, 1.165) is 31.7 Å². The average molecular weight is 287 g/mol. The second-order valence-electron chi connectivity index (χ2n) is 6.33. The maximum Gasteiger partial charge on any atom is 0.170 e. The number of anilines is 2. The van der Waals surface area contributed by atoms with Gasteiger partial charge < -0.3 is 10.6 Å². The van der Waals surface area contributed by atoms with Crippen LogP contribution in [0.1, 0.15) is 69.4 Å². The fourth-order valence-corrected chi connectivity index (χ4v) is 3.65. The van der Waals surface area contributed by atoms with Crippen LogP contribution in [0.5, 0.6) is 0 Å². The zero-order valence-corrected chi connectivity index (χ0v) is 12.7. The van der Waals surface area contributed by atoms with Gasteiger partial charge in [0.1, 0.15) is 17.5 Å². The van der Waals surface area contributed by atoms with Crippen LogP contribution in [0.4, 0.5) is 11.6 Å². The monoisotopic (exact) mass is 287 g/mol. The van der Waals surface area contributed by atoms with Crippen molar-refractivity contribution in [3.8, 4) is 6.07 Å². The Morgan fingerprint density at radius 3 is 2.24 bits per heavy atom. The maximum absolute atomic E-state index is 9.49. The number of nitrogens with zero attached hydrogens (tertiary/aromatic N) is 4. The summed E-state index contributed by atoms with van der Waals surface area (Å²) in [4.78, 5) is 2.24. The topological polar surface area (TPSA) is 70.9 Å². The van der Waals surface area contributed by atoms with Crippen molar-refractivity contribution in [2.45, 2.75) is 63.8 Å². The van der Waals surface area contributed by atoms with Gasteiger partial charge in [-0.2, -0.15) is 10.4 Å². The van der Waals surface area contributed by atoms with Crippen molar-refractivity contribution in [3.63, 3.8) is 0 Å². The van der Waals surface area contributed by atoms with Gasteiger partial charge in [0, 0.05) is 13.1 Å². The molecule has 2 aliphatic rings. The van der Waals surface area contributed by atoms with Crippen LogP contribution >= 0.6 is 0 Å². The number of piperidine rings is 1. The molecule has 0 atom stereocenters. The molecule has 1 saturated heterocycles. The molecule has 3 rings (SSSR count). The molecule has 2 fully saturated rings. The highest BCUT2D eigenvalue weighted by Gasteiger charge is 2.26.